The summed E-state index contributed by atoms with van der Waals surface area (Å²) in [6.07, 6.45) is -2.26. The topological polar surface area (TPSA) is 44.8 Å². The molecule has 3 aromatic rings. The third-order valence-corrected chi connectivity index (χ3v) is 6.01. The van der Waals surface area contributed by atoms with E-state index in [2.05, 4.69) is 6.92 Å². The van der Waals surface area contributed by atoms with E-state index in [-0.39, 0.29) is 23.4 Å². The summed E-state index contributed by atoms with van der Waals surface area (Å²) in [6.45, 7) is 7.68. The molecule has 0 aliphatic carbocycles. The summed E-state index contributed by atoms with van der Waals surface area (Å²) in [7, 11) is 0. The van der Waals surface area contributed by atoms with Crippen LogP contribution >= 0.6 is 0 Å². The van der Waals surface area contributed by atoms with Gasteiger partial charge in [0.05, 0.1) is 18.3 Å². The third-order valence-electron chi connectivity index (χ3n) is 6.01. The van der Waals surface area contributed by atoms with E-state index in [1.807, 2.05) is 44.2 Å². The van der Waals surface area contributed by atoms with Crippen LogP contribution in [0.15, 0.2) is 60.7 Å². The molecule has 0 saturated heterocycles. The minimum absolute atomic E-state index is 0.00521. The highest BCUT2D eigenvalue weighted by molar-refractivity contribution is 5.75. The number of ketones is 1. The van der Waals surface area contributed by atoms with E-state index in [9.17, 15) is 18.0 Å². The number of hydrogen-bond acceptors (Lipinski definition) is 4. The molecular formula is C30H33F3O4. The molecule has 3 rings (SSSR count). The molecule has 0 N–H and O–H groups in total. The first-order valence-corrected chi connectivity index (χ1v) is 12.4. The fourth-order valence-electron chi connectivity index (χ4n) is 3.85. The number of carbonyl (C=O) groups is 1. The van der Waals surface area contributed by atoms with Crippen molar-refractivity contribution >= 4 is 5.78 Å². The minimum Gasteiger partial charge on any atom is -0.493 e. The molecule has 0 bridgehead atoms. The number of Topliss-reactive ketones (excluding diaryl/α,β-unsaturated/α-hetero) is 1. The highest BCUT2D eigenvalue weighted by Gasteiger charge is 2.32. The van der Waals surface area contributed by atoms with Gasteiger partial charge in [-0.3, -0.25) is 0 Å². The van der Waals surface area contributed by atoms with E-state index < -0.39 is 11.7 Å². The molecule has 4 nitrogen and oxygen atoms in total. The van der Waals surface area contributed by atoms with E-state index >= 15 is 0 Å². The second-order valence-corrected chi connectivity index (χ2v) is 9.08. The molecule has 0 spiro atoms. The summed E-state index contributed by atoms with van der Waals surface area (Å²) in [5.41, 5.74) is 2.28. The van der Waals surface area contributed by atoms with Gasteiger partial charge in [-0.2, -0.15) is 13.2 Å². The van der Waals surface area contributed by atoms with Crippen LogP contribution in [-0.4, -0.2) is 18.5 Å². The van der Waals surface area contributed by atoms with E-state index in [0.29, 0.717) is 31.6 Å². The zero-order chi connectivity index (χ0) is 27.0. The van der Waals surface area contributed by atoms with Crippen molar-refractivity contribution in [3.8, 4) is 23.0 Å². The van der Waals surface area contributed by atoms with Crippen LogP contribution in [-0.2, 0) is 23.8 Å². The first kappa shape index (κ1) is 28.1. The molecule has 37 heavy (non-hydrogen) atoms. The van der Waals surface area contributed by atoms with Gasteiger partial charge in [0.15, 0.2) is 11.5 Å². The second-order valence-electron chi connectivity index (χ2n) is 9.08. The first-order valence-electron chi connectivity index (χ1n) is 12.4. The van der Waals surface area contributed by atoms with Gasteiger partial charge in [0.1, 0.15) is 17.3 Å². The Labute approximate surface area is 216 Å². The van der Waals surface area contributed by atoms with Crippen molar-refractivity contribution in [2.24, 2.45) is 0 Å². The lowest BCUT2D eigenvalue weighted by Gasteiger charge is -2.20. The molecule has 0 heterocycles. The fraction of sp³-hybridized carbons (Fsp3) is 0.367. The zero-order valence-electron chi connectivity index (χ0n) is 21.7. The molecule has 0 aromatic heterocycles. The van der Waals surface area contributed by atoms with Crippen LogP contribution in [0.4, 0.5) is 13.2 Å². The van der Waals surface area contributed by atoms with E-state index in [1.165, 1.54) is 6.07 Å². The molecule has 1 atom stereocenters. The Kier molecular flexibility index (Phi) is 9.61. The lowest BCUT2D eigenvalue weighted by atomic mass is 10.00. The molecule has 0 saturated carbocycles. The van der Waals surface area contributed by atoms with Gasteiger partial charge in [0.2, 0.25) is 0 Å². The van der Waals surface area contributed by atoms with E-state index in [4.69, 9.17) is 14.2 Å². The van der Waals surface area contributed by atoms with Gasteiger partial charge in [-0.25, -0.2) is 0 Å². The first-order chi connectivity index (χ1) is 17.6. The molecule has 0 aliphatic rings. The molecule has 0 aliphatic heterocycles. The summed E-state index contributed by atoms with van der Waals surface area (Å²) >= 11 is 0. The fourth-order valence-corrected chi connectivity index (χ4v) is 3.85. The monoisotopic (exact) mass is 514 g/mol. The van der Waals surface area contributed by atoms with Crippen LogP contribution in [0, 0.1) is 6.92 Å². The molecule has 3 aromatic carbocycles. The molecule has 0 radical (unpaired) electrons. The van der Waals surface area contributed by atoms with Crippen LogP contribution < -0.4 is 14.2 Å². The van der Waals surface area contributed by atoms with Crippen molar-refractivity contribution in [1.29, 1.82) is 0 Å². The number of benzene rings is 3. The van der Waals surface area contributed by atoms with Crippen LogP contribution in [0.3, 0.4) is 0 Å². The lowest BCUT2D eigenvalue weighted by Crippen LogP contribution is -2.16. The largest absolute Gasteiger partial charge is 0.493 e. The second kappa shape index (κ2) is 12.7. The SMILES string of the molecule is CCc1cc(OCC[C@@H](C)Oc2ccc(C(F)(F)F)cc2Oc2ccccc2C)ccc1CCC(C)=O. The van der Waals surface area contributed by atoms with Crippen molar-refractivity contribution in [1.82, 2.24) is 0 Å². The Bertz CT molecular complexity index is 1200. The number of rotatable bonds is 12. The van der Waals surface area contributed by atoms with Gasteiger partial charge in [-0.15, -0.1) is 0 Å². The van der Waals surface area contributed by atoms with E-state index in [0.717, 1.165) is 41.0 Å². The Morgan fingerprint density at radius 3 is 2.38 bits per heavy atom. The third kappa shape index (κ3) is 8.27. The number of halogens is 3. The lowest BCUT2D eigenvalue weighted by molar-refractivity contribution is -0.137. The molecule has 0 unspecified atom stereocenters. The molecule has 7 heteroatoms. The van der Waals surface area contributed by atoms with Crippen molar-refractivity contribution < 1.29 is 32.2 Å². The van der Waals surface area contributed by atoms with E-state index in [1.54, 1.807) is 19.1 Å². The van der Waals surface area contributed by atoms with Gasteiger partial charge in [0.25, 0.3) is 0 Å². The zero-order valence-corrected chi connectivity index (χ0v) is 21.7. The van der Waals surface area contributed by atoms with Crippen LogP contribution in [0.2, 0.25) is 0 Å². The number of ether oxygens (including phenoxy) is 3. The number of hydrogen-bond donors (Lipinski definition) is 0. The van der Waals surface area contributed by atoms with Gasteiger partial charge >= 0.3 is 6.18 Å². The summed E-state index contributed by atoms with van der Waals surface area (Å²) in [5.74, 6) is 1.59. The average molecular weight is 515 g/mol. The molecule has 0 amide bonds. The van der Waals surface area contributed by atoms with Gasteiger partial charge in [-0.1, -0.05) is 31.2 Å². The van der Waals surface area contributed by atoms with Crippen LogP contribution in [0.25, 0.3) is 0 Å². The highest BCUT2D eigenvalue weighted by Crippen LogP contribution is 2.39. The highest BCUT2D eigenvalue weighted by atomic mass is 19.4. The predicted octanol–water partition coefficient (Wildman–Crippen LogP) is 8.13. The van der Waals surface area contributed by atoms with Gasteiger partial charge in [0, 0.05) is 12.8 Å². The van der Waals surface area contributed by atoms with Gasteiger partial charge in [-0.05, 0) is 86.7 Å². The van der Waals surface area contributed by atoms with Crippen molar-refractivity contribution in [3.63, 3.8) is 0 Å². The quantitative estimate of drug-likeness (QED) is 0.245. The van der Waals surface area contributed by atoms with Crippen LogP contribution in [0.1, 0.15) is 55.9 Å². The normalized spacial score (nSPS) is 12.2. The van der Waals surface area contributed by atoms with Gasteiger partial charge < -0.3 is 19.0 Å². The van der Waals surface area contributed by atoms with Crippen molar-refractivity contribution in [2.45, 2.75) is 65.7 Å². The summed E-state index contributed by atoms with van der Waals surface area (Å²) in [6, 6.07) is 16.2. The Hall–Kier alpha value is -3.48. The Balaban J connectivity index is 1.65. The Morgan fingerprint density at radius 1 is 0.946 bits per heavy atom. The standard InChI is InChI=1S/C30H33F3O4/c1-5-23-18-26(14-12-24(23)11-10-21(3)34)35-17-16-22(4)36-28-15-13-25(30(31,32)33)19-29(28)37-27-9-7-6-8-20(27)2/h6-9,12-15,18-19,22H,5,10-11,16-17H2,1-4H3/t22-/m1/s1. The number of alkyl halides is 3. The smallest absolute Gasteiger partial charge is 0.416 e. The summed E-state index contributed by atoms with van der Waals surface area (Å²) in [5, 5.41) is 0. The van der Waals surface area contributed by atoms with Crippen molar-refractivity contribution in [2.75, 3.05) is 6.61 Å². The predicted molar refractivity (Wildman–Crippen MR) is 138 cm³/mol. The molecule has 0 fully saturated rings. The van der Waals surface area contributed by atoms with Crippen molar-refractivity contribution in [3.05, 3.63) is 82.9 Å². The summed E-state index contributed by atoms with van der Waals surface area (Å²) < 4.78 is 57.8. The number of aryl methyl sites for hydroxylation is 3. The van der Waals surface area contributed by atoms with Crippen LogP contribution in [0.5, 0.6) is 23.0 Å². The minimum atomic E-state index is -4.50. The summed E-state index contributed by atoms with van der Waals surface area (Å²) in [4.78, 5) is 11.3. The maximum Gasteiger partial charge on any atom is 0.416 e. The molecular weight excluding hydrogens is 481 g/mol. The Morgan fingerprint density at radius 2 is 1.70 bits per heavy atom. The average Bonchev–Trinajstić information content (AvgIpc) is 2.84. The number of carbonyl (C=O) groups excluding carboxylic acids is 1. The maximum absolute atomic E-state index is 13.3. The molecule has 198 valence electrons. The number of para-hydroxylation sites is 1. The maximum atomic E-state index is 13.3.